The number of rotatable bonds is 7. The first-order valence-electron chi connectivity index (χ1n) is 8.19. The molecule has 0 radical (unpaired) electrons. The minimum Gasteiger partial charge on any atom is -0.497 e. The maximum atomic E-state index is 13.0. The third-order valence-corrected chi connectivity index (χ3v) is 3.77. The number of amides is 1. The van der Waals surface area contributed by atoms with Crippen LogP contribution in [0.15, 0.2) is 47.0 Å². The van der Waals surface area contributed by atoms with Crippen molar-refractivity contribution in [1.82, 2.24) is 10.1 Å². The van der Waals surface area contributed by atoms with Crippen molar-refractivity contribution in [2.45, 2.75) is 12.8 Å². The molecule has 140 valence electrons. The Kier molecular flexibility index (Phi) is 5.65. The van der Waals surface area contributed by atoms with Crippen molar-refractivity contribution in [3.8, 4) is 22.9 Å². The van der Waals surface area contributed by atoms with E-state index in [1.54, 1.807) is 30.3 Å². The van der Waals surface area contributed by atoms with Gasteiger partial charge in [-0.25, -0.2) is 4.39 Å². The van der Waals surface area contributed by atoms with E-state index in [9.17, 15) is 9.18 Å². The Balaban J connectivity index is 1.59. The van der Waals surface area contributed by atoms with Gasteiger partial charge in [-0.2, -0.15) is 4.98 Å². The number of aromatic nitrogens is 2. The van der Waals surface area contributed by atoms with Gasteiger partial charge in [-0.1, -0.05) is 5.16 Å². The second-order valence-corrected chi connectivity index (χ2v) is 5.67. The number of nitrogens with one attached hydrogen (secondary N) is 1. The average Bonchev–Trinajstić information content (AvgIpc) is 3.15. The molecule has 27 heavy (non-hydrogen) atoms. The number of benzene rings is 2. The lowest BCUT2D eigenvalue weighted by Gasteiger charge is -2.09. The number of halogens is 1. The van der Waals surface area contributed by atoms with E-state index in [-0.39, 0.29) is 24.6 Å². The summed E-state index contributed by atoms with van der Waals surface area (Å²) in [5, 5.41) is 6.63. The molecule has 7 nitrogen and oxygen atoms in total. The van der Waals surface area contributed by atoms with Crippen LogP contribution in [0.4, 0.5) is 10.1 Å². The Hall–Kier alpha value is -3.42. The zero-order valence-electron chi connectivity index (χ0n) is 14.9. The first-order chi connectivity index (χ1) is 13.1. The summed E-state index contributed by atoms with van der Waals surface area (Å²) >= 11 is 0. The van der Waals surface area contributed by atoms with E-state index in [0.717, 1.165) is 0 Å². The summed E-state index contributed by atoms with van der Waals surface area (Å²) in [6.07, 6.45) is 0.436. The molecule has 1 aromatic heterocycles. The number of carbonyl (C=O) groups is 1. The fourth-order valence-electron chi connectivity index (χ4n) is 2.40. The van der Waals surface area contributed by atoms with Gasteiger partial charge in [0.2, 0.25) is 17.6 Å². The van der Waals surface area contributed by atoms with Crippen LogP contribution in [-0.4, -0.2) is 30.3 Å². The molecular formula is C19H18FN3O4. The summed E-state index contributed by atoms with van der Waals surface area (Å²) in [5.74, 6) is 1.27. The highest BCUT2D eigenvalue weighted by atomic mass is 19.1. The van der Waals surface area contributed by atoms with Crippen molar-refractivity contribution >= 4 is 11.6 Å². The van der Waals surface area contributed by atoms with Crippen molar-refractivity contribution in [2.75, 3.05) is 19.5 Å². The summed E-state index contributed by atoms with van der Waals surface area (Å²) in [4.78, 5) is 16.4. The van der Waals surface area contributed by atoms with Gasteiger partial charge in [-0.3, -0.25) is 4.79 Å². The Morgan fingerprint density at radius 3 is 2.41 bits per heavy atom. The van der Waals surface area contributed by atoms with Crippen LogP contribution < -0.4 is 14.8 Å². The topological polar surface area (TPSA) is 86.5 Å². The van der Waals surface area contributed by atoms with Gasteiger partial charge in [0.25, 0.3) is 0 Å². The molecule has 0 aliphatic heterocycles. The van der Waals surface area contributed by atoms with Crippen LogP contribution in [0.2, 0.25) is 0 Å². The minimum absolute atomic E-state index is 0.157. The molecule has 0 fully saturated rings. The van der Waals surface area contributed by atoms with Crippen LogP contribution in [0.25, 0.3) is 11.4 Å². The van der Waals surface area contributed by atoms with E-state index < -0.39 is 0 Å². The summed E-state index contributed by atoms with van der Waals surface area (Å²) < 4.78 is 28.5. The lowest BCUT2D eigenvalue weighted by atomic mass is 10.2. The molecule has 0 unspecified atom stereocenters. The van der Waals surface area contributed by atoms with Crippen molar-refractivity contribution in [1.29, 1.82) is 0 Å². The third kappa shape index (κ3) is 4.81. The summed E-state index contributed by atoms with van der Waals surface area (Å²) in [6, 6.07) is 10.9. The molecule has 0 bridgehead atoms. The number of hydrogen-bond donors (Lipinski definition) is 1. The van der Waals surface area contributed by atoms with Gasteiger partial charge in [0.05, 0.1) is 14.2 Å². The molecule has 3 aromatic rings. The van der Waals surface area contributed by atoms with Gasteiger partial charge < -0.3 is 19.3 Å². The van der Waals surface area contributed by atoms with E-state index in [1.807, 2.05) is 0 Å². The average molecular weight is 371 g/mol. The highest BCUT2D eigenvalue weighted by Gasteiger charge is 2.12. The molecule has 2 aromatic carbocycles. The zero-order chi connectivity index (χ0) is 19.2. The minimum atomic E-state index is -0.340. The SMILES string of the molecule is COc1cc(NC(=O)CCc2nc(-c3ccc(F)cc3)no2)cc(OC)c1. The van der Waals surface area contributed by atoms with E-state index in [0.29, 0.717) is 34.5 Å². The predicted octanol–water partition coefficient (Wildman–Crippen LogP) is 3.46. The standard InChI is InChI=1S/C19H18FN3O4/c1-25-15-9-14(10-16(11-15)26-2)21-17(24)7-8-18-22-19(23-27-18)12-3-5-13(20)6-4-12/h3-6,9-11H,7-8H2,1-2H3,(H,21,24). The lowest BCUT2D eigenvalue weighted by Crippen LogP contribution is -2.12. The van der Waals surface area contributed by atoms with Crippen LogP contribution in [0.1, 0.15) is 12.3 Å². The first kappa shape index (κ1) is 18.4. The molecular weight excluding hydrogens is 353 g/mol. The van der Waals surface area contributed by atoms with Crippen LogP contribution in [0.3, 0.4) is 0 Å². The van der Waals surface area contributed by atoms with Crippen molar-refractivity contribution in [2.24, 2.45) is 0 Å². The third-order valence-electron chi connectivity index (χ3n) is 3.77. The van der Waals surface area contributed by atoms with Gasteiger partial charge in [-0.15, -0.1) is 0 Å². The molecule has 1 amide bonds. The number of nitrogens with zero attached hydrogens (tertiary/aromatic N) is 2. The van der Waals surface area contributed by atoms with E-state index >= 15 is 0 Å². The number of ether oxygens (including phenoxy) is 2. The largest absolute Gasteiger partial charge is 0.497 e. The summed E-state index contributed by atoms with van der Waals surface area (Å²) in [5.41, 5.74) is 1.20. The van der Waals surface area contributed by atoms with Gasteiger partial charge in [0.1, 0.15) is 17.3 Å². The van der Waals surface area contributed by atoms with Crippen molar-refractivity contribution in [3.05, 3.63) is 54.2 Å². The Labute approximate surface area is 155 Å². The molecule has 3 rings (SSSR count). The number of hydrogen-bond acceptors (Lipinski definition) is 6. The maximum absolute atomic E-state index is 13.0. The molecule has 0 saturated carbocycles. The number of anilines is 1. The van der Waals surface area contributed by atoms with Gasteiger partial charge in [-0.05, 0) is 24.3 Å². The molecule has 0 aliphatic rings. The quantitative estimate of drug-likeness (QED) is 0.684. The van der Waals surface area contributed by atoms with E-state index in [4.69, 9.17) is 14.0 Å². The monoisotopic (exact) mass is 371 g/mol. The van der Waals surface area contributed by atoms with Crippen LogP contribution >= 0.6 is 0 Å². The fraction of sp³-hybridized carbons (Fsp3) is 0.211. The maximum Gasteiger partial charge on any atom is 0.227 e. The number of aryl methyl sites for hydroxylation is 1. The Bertz CT molecular complexity index is 903. The zero-order valence-corrected chi connectivity index (χ0v) is 14.9. The van der Waals surface area contributed by atoms with Crippen molar-refractivity contribution < 1.29 is 23.2 Å². The number of methoxy groups -OCH3 is 2. The molecule has 0 spiro atoms. The lowest BCUT2D eigenvalue weighted by molar-refractivity contribution is -0.116. The van der Waals surface area contributed by atoms with E-state index in [2.05, 4.69) is 15.5 Å². The second-order valence-electron chi connectivity index (χ2n) is 5.67. The molecule has 0 aliphatic carbocycles. The molecule has 1 heterocycles. The van der Waals surface area contributed by atoms with Crippen LogP contribution in [0, 0.1) is 5.82 Å². The highest BCUT2D eigenvalue weighted by molar-refractivity contribution is 5.91. The van der Waals surface area contributed by atoms with E-state index in [1.165, 1.54) is 26.4 Å². The van der Waals surface area contributed by atoms with Crippen LogP contribution in [0.5, 0.6) is 11.5 Å². The molecule has 1 N–H and O–H groups in total. The Morgan fingerprint density at radius 1 is 1.11 bits per heavy atom. The molecule has 8 heteroatoms. The van der Waals surface area contributed by atoms with Gasteiger partial charge in [0.15, 0.2) is 0 Å². The smallest absolute Gasteiger partial charge is 0.227 e. The normalized spacial score (nSPS) is 10.5. The first-order valence-corrected chi connectivity index (χ1v) is 8.19. The highest BCUT2D eigenvalue weighted by Crippen LogP contribution is 2.26. The predicted molar refractivity (Wildman–Crippen MR) is 96.2 cm³/mol. The molecule has 0 atom stereocenters. The van der Waals surface area contributed by atoms with Gasteiger partial charge in [0, 0.05) is 42.3 Å². The fourth-order valence-corrected chi connectivity index (χ4v) is 2.40. The summed E-state index contributed by atoms with van der Waals surface area (Å²) in [7, 11) is 3.07. The van der Waals surface area contributed by atoms with Crippen molar-refractivity contribution in [3.63, 3.8) is 0 Å². The Morgan fingerprint density at radius 2 is 1.78 bits per heavy atom. The molecule has 0 saturated heterocycles. The summed E-state index contributed by atoms with van der Waals surface area (Å²) in [6.45, 7) is 0. The second kappa shape index (κ2) is 8.31. The van der Waals surface area contributed by atoms with Gasteiger partial charge >= 0.3 is 0 Å². The number of carbonyl (C=O) groups excluding carboxylic acids is 1. The van der Waals surface area contributed by atoms with Crippen LogP contribution in [-0.2, 0) is 11.2 Å².